The van der Waals surface area contributed by atoms with Crippen molar-refractivity contribution in [2.75, 3.05) is 0 Å². The maximum atomic E-state index is 12.7. The van der Waals surface area contributed by atoms with E-state index < -0.39 is 23.5 Å². The fourth-order valence-electron chi connectivity index (χ4n) is 3.11. The van der Waals surface area contributed by atoms with Gasteiger partial charge in [-0.05, 0) is 30.3 Å². The molecule has 4 rings (SSSR count). The highest BCUT2D eigenvalue weighted by Gasteiger charge is 2.42. The van der Waals surface area contributed by atoms with Crippen LogP contribution >= 0.6 is 0 Å². The van der Waals surface area contributed by atoms with Crippen LogP contribution in [0.2, 0.25) is 0 Å². The molecule has 6 nitrogen and oxygen atoms in total. The molecule has 1 unspecified atom stereocenters. The number of Topliss-reactive ketones (excluding diaryl/α,β-unsaturated/α-hetero) is 2. The lowest BCUT2D eigenvalue weighted by Gasteiger charge is -2.10. The molecular formula is C19H11NO5. The lowest BCUT2D eigenvalue weighted by Crippen LogP contribution is -2.14. The van der Waals surface area contributed by atoms with Gasteiger partial charge in [0.2, 0.25) is 0 Å². The predicted molar refractivity (Wildman–Crippen MR) is 88.2 cm³/mol. The van der Waals surface area contributed by atoms with E-state index in [0.717, 1.165) is 0 Å². The fourth-order valence-corrected chi connectivity index (χ4v) is 3.11. The number of hydrogen-bond acceptors (Lipinski definition) is 5. The van der Waals surface area contributed by atoms with Crippen molar-refractivity contribution in [2.24, 2.45) is 0 Å². The molecule has 2 N–H and O–H groups in total. The smallest absolute Gasteiger partial charge is 0.335 e. The van der Waals surface area contributed by atoms with E-state index in [2.05, 4.69) is 4.98 Å². The van der Waals surface area contributed by atoms with Gasteiger partial charge in [0.15, 0.2) is 11.6 Å². The van der Waals surface area contributed by atoms with Crippen molar-refractivity contribution in [1.82, 2.24) is 4.98 Å². The van der Waals surface area contributed by atoms with Crippen molar-refractivity contribution in [1.29, 1.82) is 0 Å². The minimum absolute atomic E-state index is 0.0122. The van der Waals surface area contributed by atoms with Crippen molar-refractivity contribution in [3.63, 3.8) is 0 Å². The van der Waals surface area contributed by atoms with Gasteiger partial charge in [-0.1, -0.05) is 18.2 Å². The largest absolute Gasteiger partial charge is 0.506 e. The van der Waals surface area contributed by atoms with Gasteiger partial charge in [-0.3, -0.25) is 9.59 Å². The van der Waals surface area contributed by atoms with Gasteiger partial charge >= 0.3 is 5.97 Å². The Labute approximate surface area is 141 Å². The third kappa shape index (κ3) is 2.19. The topological polar surface area (TPSA) is 105 Å². The van der Waals surface area contributed by atoms with Gasteiger partial charge in [0.25, 0.3) is 0 Å². The van der Waals surface area contributed by atoms with E-state index in [9.17, 15) is 19.5 Å². The molecule has 0 radical (unpaired) electrons. The highest BCUT2D eigenvalue weighted by molar-refractivity contribution is 6.30. The highest BCUT2D eigenvalue weighted by atomic mass is 16.4. The van der Waals surface area contributed by atoms with Crippen molar-refractivity contribution in [3.8, 4) is 5.75 Å². The van der Waals surface area contributed by atoms with Crippen LogP contribution in [0, 0.1) is 0 Å². The molecular weight excluding hydrogens is 322 g/mol. The number of pyridine rings is 1. The number of carbonyl (C=O) groups is 3. The molecule has 0 saturated heterocycles. The molecule has 0 amide bonds. The zero-order chi connectivity index (χ0) is 17.7. The van der Waals surface area contributed by atoms with Crippen molar-refractivity contribution in [2.45, 2.75) is 5.92 Å². The number of aromatic hydroxyl groups is 1. The van der Waals surface area contributed by atoms with Gasteiger partial charge in [-0.2, -0.15) is 0 Å². The quantitative estimate of drug-likeness (QED) is 0.699. The van der Waals surface area contributed by atoms with Crippen LogP contribution in [0.3, 0.4) is 0 Å². The fraction of sp³-hybridized carbons (Fsp3) is 0.0526. The molecule has 1 heterocycles. The lowest BCUT2D eigenvalue weighted by molar-refractivity contribution is 0.0696. The summed E-state index contributed by atoms with van der Waals surface area (Å²) in [5, 5.41) is 20.0. The molecule has 1 atom stereocenters. The van der Waals surface area contributed by atoms with Crippen LogP contribution in [0.25, 0.3) is 10.9 Å². The molecule has 2 aromatic carbocycles. The molecule has 6 heteroatoms. The second-order valence-corrected chi connectivity index (χ2v) is 5.81. The first-order chi connectivity index (χ1) is 12.0. The monoisotopic (exact) mass is 333 g/mol. The van der Waals surface area contributed by atoms with Crippen LogP contribution in [0.1, 0.15) is 42.7 Å². The first-order valence-electron chi connectivity index (χ1n) is 7.52. The van der Waals surface area contributed by atoms with Crippen molar-refractivity contribution >= 4 is 28.4 Å². The van der Waals surface area contributed by atoms with Crippen LogP contribution in [-0.2, 0) is 0 Å². The number of rotatable bonds is 2. The second kappa shape index (κ2) is 5.24. The van der Waals surface area contributed by atoms with Gasteiger partial charge < -0.3 is 10.2 Å². The number of carbonyl (C=O) groups excluding carboxylic acids is 2. The van der Waals surface area contributed by atoms with Gasteiger partial charge in [0, 0.05) is 16.5 Å². The van der Waals surface area contributed by atoms with E-state index in [1.165, 1.54) is 24.3 Å². The van der Waals surface area contributed by atoms with E-state index in [1.807, 2.05) is 0 Å². The molecule has 0 spiro atoms. The summed E-state index contributed by atoms with van der Waals surface area (Å²) < 4.78 is 0. The minimum atomic E-state index is -1.26. The van der Waals surface area contributed by atoms with E-state index in [1.54, 1.807) is 24.3 Å². The Morgan fingerprint density at radius 2 is 1.68 bits per heavy atom. The number of hydrogen-bond donors (Lipinski definition) is 2. The first-order valence-corrected chi connectivity index (χ1v) is 7.52. The Hall–Kier alpha value is -3.54. The normalized spacial score (nSPS) is 16.2. The molecule has 0 bridgehead atoms. The third-order valence-electron chi connectivity index (χ3n) is 4.33. The molecule has 0 fully saturated rings. The maximum absolute atomic E-state index is 12.7. The predicted octanol–water partition coefficient (Wildman–Crippen LogP) is 2.80. The Morgan fingerprint density at radius 1 is 0.960 bits per heavy atom. The third-order valence-corrected chi connectivity index (χ3v) is 4.33. The molecule has 1 aliphatic carbocycles. The molecule has 25 heavy (non-hydrogen) atoms. The van der Waals surface area contributed by atoms with E-state index >= 15 is 0 Å². The number of ketones is 2. The zero-order valence-electron chi connectivity index (χ0n) is 12.8. The molecule has 1 aromatic heterocycles. The summed E-state index contributed by atoms with van der Waals surface area (Å²) in [6.45, 7) is 0. The number of para-hydroxylation sites is 1. The SMILES string of the molecule is O=C(O)c1ccc2c(c1)C(=O)C(c1nc3ccccc3cc1O)C2=O. The van der Waals surface area contributed by atoms with Crippen LogP contribution in [0.15, 0.2) is 48.5 Å². The van der Waals surface area contributed by atoms with Gasteiger partial charge in [-0.15, -0.1) is 0 Å². The summed E-state index contributed by atoms with van der Waals surface area (Å²) >= 11 is 0. The summed E-state index contributed by atoms with van der Waals surface area (Å²) in [6, 6.07) is 12.3. The summed E-state index contributed by atoms with van der Waals surface area (Å²) in [4.78, 5) is 40.7. The molecule has 3 aromatic rings. The molecule has 1 aliphatic rings. The number of aromatic nitrogens is 1. The number of aromatic carboxylic acids is 1. The van der Waals surface area contributed by atoms with Crippen LogP contribution < -0.4 is 0 Å². The van der Waals surface area contributed by atoms with Crippen LogP contribution in [0.5, 0.6) is 5.75 Å². The van der Waals surface area contributed by atoms with Gasteiger partial charge in [-0.25, -0.2) is 9.78 Å². The second-order valence-electron chi connectivity index (χ2n) is 5.81. The number of benzene rings is 2. The van der Waals surface area contributed by atoms with E-state index in [-0.39, 0.29) is 28.1 Å². The summed E-state index contributed by atoms with van der Waals surface area (Å²) in [5.41, 5.74) is 0.662. The Kier molecular flexibility index (Phi) is 3.15. The Balaban J connectivity index is 1.87. The average Bonchev–Trinajstić information content (AvgIpc) is 2.85. The van der Waals surface area contributed by atoms with Crippen molar-refractivity contribution in [3.05, 3.63) is 70.9 Å². The zero-order valence-corrected chi connectivity index (χ0v) is 12.8. The standard InChI is InChI=1S/C19H11NO5/c21-14-8-9-3-1-2-4-13(9)20-16(14)15-17(22)11-6-5-10(19(24)25)7-12(11)18(15)23/h1-8,15,21H,(H,24,25). The number of carboxylic acid groups (broad SMARTS) is 1. The lowest BCUT2D eigenvalue weighted by atomic mass is 9.97. The highest BCUT2D eigenvalue weighted by Crippen LogP contribution is 2.38. The maximum Gasteiger partial charge on any atom is 0.335 e. The Morgan fingerprint density at radius 3 is 2.44 bits per heavy atom. The number of fused-ring (bicyclic) bond motifs is 2. The minimum Gasteiger partial charge on any atom is -0.506 e. The first kappa shape index (κ1) is 15.0. The Bertz CT molecular complexity index is 1090. The van der Waals surface area contributed by atoms with Crippen LogP contribution in [-0.4, -0.2) is 32.7 Å². The van der Waals surface area contributed by atoms with E-state index in [4.69, 9.17) is 5.11 Å². The van der Waals surface area contributed by atoms with Crippen molar-refractivity contribution < 1.29 is 24.6 Å². The molecule has 0 saturated carbocycles. The molecule has 0 aliphatic heterocycles. The number of nitrogens with zero attached hydrogens (tertiary/aromatic N) is 1. The summed E-state index contributed by atoms with van der Waals surface area (Å²) in [7, 11) is 0. The molecule has 122 valence electrons. The number of carboxylic acids is 1. The van der Waals surface area contributed by atoms with Gasteiger partial charge in [0.1, 0.15) is 17.4 Å². The average molecular weight is 333 g/mol. The van der Waals surface area contributed by atoms with Crippen LogP contribution in [0.4, 0.5) is 0 Å². The summed E-state index contributed by atoms with van der Waals surface area (Å²) in [6.07, 6.45) is 0. The van der Waals surface area contributed by atoms with E-state index in [0.29, 0.717) is 10.9 Å². The summed E-state index contributed by atoms with van der Waals surface area (Å²) in [5.74, 6) is -3.73. The van der Waals surface area contributed by atoms with Gasteiger partial charge in [0.05, 0.1) is 11.1 Å².